The van der Waals surface area contributed by atoms with Crippen LogP contribution in [-0.2, 0) is 6.54 Å². The zero-order valence-electron chi connectivity index (χ0n) is 15.3. The summed E-state index contributed by atoms with van der Waals surface area (Å²) in [5, 5.41) is 5.63. The molecule has 0 bridgehead atoms. The Morgan fingerprint density at radius 2 is 1.89 bits per heavy atom. The fourth-order valence-corrected chi connectivity index (χ4v) is 2.59. The molecular weight excluding hydrogens is 344 g/mol. The highest BCUT2D eigenvalue weighted by atomic mass is 16.2. The Kier molecular flexibility index (Phi) is 5.77. The van der Waals surface area contributed by atoms with Crippen molar-refractivity contribution in [2.75, 3.05) is 27.2 Å². The lowest BCUT2D eigenvalue weighted by Crippen LogP contribution is -2.32. The maximum absolute atomic E-state index is 12.6. The van der Waals surface area contributed by atoms with Gasteiger partial charge in [0.15, 0.2) is 5.69 Å². The smallest absolute Gasteiger partial charge is 0.287 e. The Balaban J connectivity index is 1.79. The number of amides is 2. The number of nitrogens with zero attached hydrogens (tertiary/aromatic N) is 4. The summed E-state index contributed by atoms with van der Waals surface area (Å²) in [6, 6.07) is 10.9. The predicted octanol–water partition coefficient (Wildman–Crippen LogP) is 0.951. The van der Waals surface area contributed by atoms with E-state index in [1.165, 1.54) is 0 Å². The number of aromatic nitrogens is 3. The van der Waals surface area contributed by atoms with E-state index in [0.29, 0.717) is 18.6 Å². The molecule has 0 aliphatic carbocycles. The van der Waals surface area contributed by atoms with Gasteiger partial charge in [0, 0.05) is 25.5 Å². The molecule has 0 saturated carbocycles. The van der Waals surface area contributed by atoms with Crippen LogP contribution in [0.2, 0.25) is 0 Å². The van der Waals surface area contributed by atoms with Gasteiger partial charge >= 0.3 is 0 Å². The number of hydrogen-bond acceptors (Lipinski definition) is 5. The normalized spacial score (nSPS) is 10.9. The molecule has 8 nitrogen and oxygen atoms in total. The topological polar surface area (TPSA) is 91.6 Å². The summed E-state index contributed by atoms with van der Waals surface area (Å²) < 4.78 is 1.63. The SMILES string of the molecule is CN(C)CCNC(=O)c1nc(C(=O)NCc2ccccn2)c2ccccn12. The minimum atomic E-state index is -0.350. The third-order valence-corrected chi connectivity index (χ3v) is 3.97. The van der Waals surface area contributed by atoms with Crippen molar-refractivity contribution in [2.45, 2.75) is 6.54 Å². The molecule has 0 fully saturated rings. The molecule has 0 atom stereocenters. The van der Waals surface area contributed by atoms with Gasteiger partial charge in [-0.2, -0.15) is 0 Å². The van der Waals surface area contributed by atoms with E-state index in [9.17, 15) is 9.59 Å². The Morgan fingerprint density at radius 1 is 1.07 bits per heavy atom. The molecule has 3 heterocycles. The quantitative estimate of drug-likeness (QED) is 0.650. The van der Waals surface area contributed by atoms with E-state index in [-0.39, 0.29) is 29.9 Å². The number of imidazole rings is 1. The molecule has 0 saturated heterocycles. The second kappa shape index (κ2) is 8.41. The van der Waals surface area contributed by atoms with Crippen LogP contribution < -0.4 is 10.6 Å². The summed E-state index contributed by atoms with van der Waals surface area (Å²) in [5.41, 5.74) is 1.54. The molecule has 3 rings (SSSR count). The number of fused-ring (bicyclic) bond motifs is 1. The van der Waals surface area contributed by atoms with Crippen molar-refractivity contribution in [1.82, 2.24) is 29.9 Å². The molecule has 0 spiro atoms. The van der Waals surface area contributed by atoms with Crippen LogP contribution in [0.5, 0.6) is 0 Å². The van der Waals surface area contributed by atoms with E-state index in [0.717, 1.165) is 5.69 Å². The molecule has 2 N–H and O–H groups in total. The van der Waals surface area contributed by atoms with Crippen LogP contribution in [-0.4, -0.2) is 58.3 Å². The van der Waals surface area contributed by atoms with E-state index in [4.69, 9.17) is 0 Å². The van der Waals surface area contributed by atoms with Crippen molar-refractivity contribution in [3.63, 3.8) is 0 Å². The Labute approximate surface area is 157 Å². The Hall–Kier alpha value is -3.26. The zero-order valence-corrected chi connectivity index (χ0v) is 15.3. The molecule has 0 radical (unpaired) electrons. The maximum Gasteiger partial charge on any atom is 0.287 e. The van der Waals surface area contributed by atoms with Gasteiger partial charge < -0.3 is 15.5 Å². The number of carbonyl (C=O) groups is 2. The standard InChI is InChI=1S/C19H22N6O2/c1-24(2)12-10-21-19(27)17-23-16(15-8-4-6-11-25(15)17)18(26)22-13-14-7-3-5-9-20-14/h3-9,11H,10,12-13H2,1-2H3,(H,21,27)(H,22,26). The average molecular weight is 366 g/mol. The van der Waals surface area contributed by atoms with Crippen LogP contribution in [0.4, 0.5) is 0 Å². The van der Waals surface area contributed by atoms with Gasteiger partial charge in [-0.15, -0.1) is 0 Å². The third kappa shape index (κ3) is 4.48. The molecule has 140 valence electrons. The summed E-state index contributed by atoms with van der Waals surface area (Å²) in [6.07, 6.45) is 3.39. The van der Waals surface area contributed by atoms with Gasteiger partial charge in [-0.05, 0) is 38.4 Å². The largest absolute Gasteiger partial charge is 0.348 e. The monoisotopic (exact) mass is 366 g/mol. The highest BCUT2D eigenvalue weighted by molar-refractivity contribution is 6.02. The lowest BCUT2D eigenvalue weighted by atomic mass is 10.3. The van der Waals surface area contributed by atoms with Gasteiger partial charge in [0.1, 0.15) is 0 Å². The summed E-state index contributed by atoms with van der Waals surface area (Å²) in [6.45, 7) is 1.50. The molecule has 3 aromatic heterocycles. The molecule has 8 heteroatoms. The van der Waals surface area contributed by atoms with Crippen molar-refractivity contribution >= 4 is 17.3 Å². The van der Waals surface area contributed by atoms with Gasteiger partial charge in [-0.3, -0.25) is 19.0 Å². The number of pyridine rings is 2. The van der Waals surface area contributed by atoms with Gasteiger partial charge in [0.25, 0.3) is 11.8 Å². The van der Waals surface area contributed by atoms with Crippen LogP contribution in [0, 0.1) is 0 Å². The van der Waals surface area contributed by atoms with E-state index in [2.05, 4.69) is 20.6 Å². The van der Waals surface area contributed by atoms with E-state index in [1.54, 1.807) is 35.0 Å². The molecule has 0 aliphatic heterocycles. The first-order valence-corrected chi connectivity index (χ1v) is 8.64. The molecule has 2 amide bonds. The van der Waals surface area contributed by atoms with Crippen molar-refractivity contribution in [3.8, 4) is 0 Å². The van der Waals surface area contributed by atoms with Gasteiger partial charge in [-0.1, -0.05) is 12.1 Å². The molecule has 0 aliphatic rings. The van der Waals surface area contributed by atoms with E-state index < -0.39 is 0 Å². The van der Waals surface area contributed by atoms with E-state index >= 15 is 0 Å². The first-order chi connectivity index (χ1) is 13.1. The van der Waals surface area contributed by atoms with Gasteiger partial charge in [0.2, 0.25) is 5.82 Å². The zero-order chi connectivity index (χ0) is 19.2. The maximum atomic E-state index is 12.6. The van der Waals surface area contributed by atoms with Crippen molar-refractivity contribution in [2.24, 2.45) is 0 Å². The second-order valence-corrected chi connectivity index (χ2v) is 6.30. The van der Waals surface area contributed by atoms with Crippen molar-refractivity contribution in [1.29, 1.82) is 0 Å². The van der Waals surface area contributed by atoms with Crippen molar-refractivity contribution < 1.29 is 9.59 Å². The first-order valence-electron chi connectivity index (χ1n) is 8.64. The van der Waals surface area contributed by atoms with Gasteiger partial charge in [0.05, 0.1) is 17.8 Å². The highest BCUT2D eigenvalue weighted by Crippen LogP contribution is 2.13. The second-order valence-electron chi connectivity index (χ2n) is 6.30. The summed E-state index contributed by atoms with van der Waals surface area (Å²) in [7, 11) is 3.86. The minimum absolute atomic E-state index is 0.187. The molecule has 3 aromatic rings. The fourth-order valence-electron chi connectivity index (χ4n) is 2.59. The third-order valence-electron chi connectivity index (χ3n) is 3.97. The summed E-state index contributed by atoms with van der Waals surface area (Å²) in [5.74, 6) is -0.481. The van der Waals surface area contributed by atoms with Crippen LogP contribution in [0.3, 0.4) is 0 Å². The van der Waals surface area contributed by atoms with Gasteiger partial charge in [-0.25, -0.2) is 4.98 Å². The first kappa shape index (κ1) is 18.5. The summed E-state index contributed by atoms with van der Waals surface area (Å²) >= 11 is 0. The fraction of sp³-hybridized carbons (Fsp3) is 0.263. The lowest BCUT2D eigenvalue weighted by molar-refractivity contribution is 0.0940. The van der Waals surface area contributed by atoms with Crippen LogP contribution in [0.1, 0.15) is 26.8 Å². The summed E-state index contributed by atoms with van der Waals surface area (Å²) in [4.78, 5) is 35.6. The molecular formula is C19H22N6O2. The number of nitrogens with one attached hydrogen (secondary N) is 2. The number of rotatable bonds is 7. The lowest BCUT2D eigenvalue weighted by Gasteiger charge is -2.09. The number of carbonyl (C=O) groups excluding carboxylic acids is 2. The van der Waals surface area contributed by atoms with Crippen LogP contribution >= 0.6 is 0 Å². The number of hydrogen-bond donors (Lipinski definition) is 2. The molecule has 0 unspecified atom stereocenters. The van der Waals surface area contributed by atoms with Crippen LogP contribution in [0.15, 0.2) is 48.8 Å². The molecule has 0 aromatic carbocycles. The average Bonchev–Trinajstić information content (AvgIpc) is 3.06. The molecule has 27 heavy (non-hydrogen) atoms. The Bertz CT molecular complexity index is 936. The van der Waals surface area contributed by atoms with E-state index in [1.807, 2.05) is 37.2 Å². The van der Waals surface area contributed by atoms with Crippen molar-refractivity contribution in [3.05, 3.63) is 66.0 Å². The van der Waals surface area contributed by atoms with Crippen LogP contribution in [0.25, 0.3) is 5.52 Å². The highest BCUT2D eigenvalue weighted by Gasteiger charge is 2.21. The predicted molar refractivity (Wildman–Crippen MR) is 101 cm³/mol. The Morgan fingerprint density at radius 3 is 2.63 bits per heavy atom. The number of likely N-dealkylation sites (N-methyl/N-ethyl adjacent to an activating group) is 1. The minimum Gasteiger partial charge on any atom is -0.348 e.